The van der Waals surface area contributed by atoms with Crippen LogP contribution in [0, 0.1) is 6.92 Å². The highest BCUT2D eigenvalue weighted by molar-refractivity contribution is 7.13. The summed E-state index contributed by atoms with van der Waals surface area (Å²) in [7, 11) is 0. The van der Waals surface area contributed by atoms with E-state index in [4.69, 9.17) is 4.74 Å². The van der Waals surface area contributed by atoms with Crippen LogP contribution in [0.25, 0.3) is 10.8 Å². The van der Waals surface area contributed by atoms with Gasteiger partial charge in [0.25, 0.3) is 0 Å². The highest BCUT2D eigenvalue weighted by atomic mass is 32.1. The number of aryl methyl sites for hydroxylation is 1. The lowest BCUT2D eigenvalue weighted by atomic mass is 10.0. The standard InChI is InChI=1S/C22H20N2OS/c1-16-6-8-17(9-7-16)15-25-21-11-10-18-4-2-3-5-19(18)20(21)14-24-22-23-12-13-26-22/h2-13H,14-15H2,1H3,(H,23,24). The maximum atomic E-state index is 6.18. The Balaban J connectivity index is 1.61. The number of rotatable bonds is 6. The van der Waals surface area contributed by atoms with Crippen molar-refractivity contribution in [1.82, 2.24) is 4.98 Å². The van der Waals surface area contributed by atoms with Crippen molar-refractivity contribution in [3.05, 3.63) is 88.9 Å². The quantitative estimate of drug-likeness (QED) is 0.472. The zero-order valence-electron chi connectivity index (χ0n) is 14.6. The van der Waals surface area contributed by atoms with Crippen LogP contribution >= 0.6 is 11.3 Å². The second-order valence-corrected chi connectivity index (χ2v) is 7.12. The van der Waals surface area contributed by atoms with Gasteiger partial charge >= 0.3 is 0 Å². The highest BCUT2D eigenvalue weighted by Gasteiger charge is 2.10. The molecule has 0 aliphatic heterocycles. The molecule has 0 atom stereocenters. The van der Waals surface area contributed by atoms with Crippen LogP contribution < -0.4 is 10.1 Å². The molecule has 0 radical (unpaired) electrons. The summed E-state index contributed by atoms with van der Waals surface area (Å²) in [6, 6.07) is 21.1. The summed E-state index contributed by atoms with van der Waals surface area (Å²) in [4.78, 5) is 4.31. The fourth-order valence-electron chi connectivity index (χ4n) is 2.95. The monoisotopic (exact) mass is 360 g/mol. The van der Waals surface area contributed by atoms with E-state index in [1.807, 2.05) is 11.6 Å². The van der Waals surface area contributed by atoms with Gasteiger partial charge in [-0.25, -0.2) is 4.98 Å². The predicted octanol–water partition coefficient (Wildman–Crippen LogP) is 5.80. The summed E-state index contributed by atoms with van der Waals surface area (Å²) < 4.78 is 6.18. The van der Waals surface area contributed by atoms with Crippen LogP contribution in [0.15, 0.2) is 72.2 Å². The van der Waals surface area contributed by atoms with E-state index in [1.165, 1.54) is 21.9 Å². The summed E-state index contributed by atoms with van der Waals surface area (Å²) in [5.74, 6) is 0.910. The molecule has 0 amide bonds. The minimum absolute atomic E-state index is 0.558. The molecule has 0 fully saturated rings. The summed E-state index contributed by atoms with van der Waals surface area (Å²) in [6.45, 7) is 3.33. The first-order chi connectivity index (χ1) is 12.8. The Kier molecular flexibility index (Phi) is 4.84. The molecule has 1 N–H and O–H groups in total. The third-order valence-corrected chi connectivity index (χ3v) is 5.09. The molecule has 3 aromatic carbocycles. The van der Waals surface area contributed by atoms with Crippen LogP contribution in [0.4, 0.5) is 5.13 Å². The second kappa shape index (κ2) is 7.58. The van der Waals surface area contributed by atoms with Crippen LogP contribution in [0.5, 0.6) is 5.75 Å². The molecule has 0 unspecified atom stereocenters. The van der Waals surface area contributed by atoms with Gasteiger partial charge in [-0.1, -0.05) is 60.2 Å². The molecule has 1 heterocycles. The molecule has 3 nitrogen and oxygen atoms in total. The Labute approximate surface area is 157 Å². The van der Waals surface area contributed by atoms with E-state index in [1.54, 1.807) is 11.3 Å². The van der Waals surface area contributed by atoms with Crippen LogP contribution in [0.2, 0.25) is 0 Å². The minimum Gasteiger partial charge on any atom is -0.489 e. The number of hydrogen-bond donors (Lipinski definition) is 1. The number of thiazole rings is 1. The van der Waals surface area contributed by atoms with E-state index in [0.29, 0.717) is 13.2 Å². The predicted molar refractivity (Wildman–Crippen MR) is 109 cm³/mol. The molecule has 1 aromatic heterocycles. The molecular weight excluding hydrogens is 340 g/mol. The topological polar surface area (TPSA) is 34.1 Å². The van der Waals surface area contributed by atoms with Gasteiger partial charge in [-0.3, -0.25) is 0 Å². The second-order valence-electron chi connectivity index (χ2n) is 6.23. The van der Waals surface area contributed by atoms with E-state index in [2.05, 4.69) is 77.9 Å². The van der Waals surface area contributed by atoms with Crippen molar-refractivity contribution in [2.75, 3.05) is 5.32 Å². The summed E-state index contributed by atoms with van der Waals surface area (Å²) >= 11 is 1.60. The van der Waals surface area contributed by atoms with Crippen LogP contribution in [-0.4, -0.2) is 4.98 Å². The maximum absolute atomic E-state index is 6.18. The van der Waals surface area contributed by atoms with E-state index in [0.717, 1.165) is 16.4 Å². The Morgan fingerprint density at radius 3 is 2.65 bits per heavy atom. The highest BCUT2D eigenvalue weighted by Crippen LogP contribution is 2.30. The molecule has 0 aliphatic carbocycles. The molecule has 0 saturated heterocycles. The smallest absolute Gasteiger partial charge is 0.182 e. The molecule has 0 saturated carbocycles. The van der Waals surface area contributed by atoms with E-state index >= 15 is 0 Å². The van der Waals surface area contributed by atoms with Crippen molar-refractivity contribution in [3.63, 3.8) is 0 Å². The number of hydrogen-bond acceptors (Lipinski definition) is 4. The first-order valence-corrected chi connectivity index (χ1v) is 9.50. The lowest BCUT2D eigenvalue weighted by molar-refractivity contribution is 0.304. The van der Waals surface area contributed by atoms with Gasteiger partial charge in [-0.05, 0) is 29.3 Å². The van der Waals surface area contributed by atoms with E-state index in [9.17, 15) is 0 Å². The molecule has 0 aliphatic rings. The number of nitrogens with one attached hydrogen (secondary N) is 1. The average Bonchev–Trinajstić information content (AvgIpc) is 3.19. The average molecular weight is 360 g/mol. The van der Waals surface area contributed by atoms with Crippen molar-refractivity contribution in [2.24, 2.45) is 0 Å². The van der Waals surface area contributed by atoms with Gasteiger partial charge in [0.15, 0.2) is 5.13 Å². The summed E-state index contributed by atoms with van der Waals surface area (Å²) in [6.07, 6.45) is 1.81. The molecule has 26 heavy (non-hydrogen) atoms. The van der Waals surface area contributed by atoms with Crippen LogP contribution in [0.1, 0.15) is 16.7 Å². The number of fused-ring (bicyclic) bond motifs is 1. The van der Waals surface area contributed by atoms with Gasteiger partial charge in [0, 0.05) is 23.7 Å². The lowest BCUT2D eigenvalue weighted by Gasteiger charge is -2.15. The largest absolute Gasteiger partial charge is 0.489 e. The zero-order chi connectivity index (χ0) is 17.8. The van der Waals surface area contributed by atoms with Gasteiger partial charge in [0.05, 0.1) is 0 Å². The number of nitrogens with zero attached hydrogens (tertiary/aromatic N) is 1. The lowest BCUT2D eigenvalue weighted by Crippen LogP contribution is -2.04. The van der Waals surface area contributed by atoms with Gasteiger partial charge in [0.1, 0.15) is 12.4 Å². The van der Waals surface area contributed by atoms with Crippen molar-refractivity contribution < 1.29 is 4.74 Å². The molecule has 0 bridgehead atoms. The Bertz CT molecular complexity index is 995. The molecular formula is C22H20N2OS. The number of ether oxygens (including phenoxy) is 1. The van der Waals surface area contributed by atoms with Gasteiger partial charge < -0.3 is 10.1 Å². The third-order valence-electron chi connectivity index (χ3n) is 4.36. The first-order valence-electron chi connectivity index (χ1n) is 8.62. The van der Waals surface area contributed by atoms with Crippen molar-refractivity contribution in [3.8, 4) is 5.75 Å². The Morgan fingerprint density at radius 1 is 1.00 bits per heavy atom. The van der Waals surface area contributed by atoms with Crippen LogP contribution in [0.3, 0.4) is 0 Å². The van der Waals surface area contributed by atoms with Crippen molar-refractivity contribution >= 4 is 27.2 Å². The Morgan fingerprint density at radius 2 is 1.85 bits per heavy atom. The molecule has 4 aromatic rings. The molecule has 0 spiro atoms. The fraction of sp³-hybridized carbons (Fsp3) is 0.136. The minimum atomic E-state index is 0.558. The van der Waals surface area contributed by atoms with Gasteiger partial charge in [-0.2, -0.15) is 0 Å². The molecule has 4 heteroatoms. The number of anilines is 1. The SMILES string of the molecule is Cc1ccc(COc2ccc3ccccc3c2CNc2nccs2)cc1. The molecule has 4 rings (SSSR count). The van der Waals surface area contributed by atoms with E-state index < -0.39 is 0 Å². The number of aromatic nitrogens is 1. The van der Waals surface area contributed by atoms with Gasteiger partial charge in [0.2, 0.25) is 0 Å². The van der Waals surface area contributed by atoms with Crippen molar-refractivity contribution in [1.29, 1.82) is 0 Å². The fourth-order valence-corrected chi connectivity index (χ4v) is 3.48. The van der Waals surface area contributed by atoms with E-state index in [-0.39, 0.29) is 0 Å². The normalized spacial score (nSPS) is 10.8. The van der Waals surface area contributed by atoms with Crippen LogP contribution in [-0.2, 0) is 13.2 Å². The Hall–Kier alpha value is -2.85. The summed E-state index contributed by atoms with van der Waals surface area (Å²) in [5, 5.41) is 8.72. The maximum Gasteiger partial charge on any atom is 0.182 e. The molecule has 130 valence electrons. The first kappa shape index (κ1) is 16.6. The zero-order valence-corrected chi connectivity index (χ0v) is 15.4. The number of benzene rings is 3. The van der Waals surface area contributed by atoms with Gasteiger partial charge in [-0.15, -0.1) is 11.3 Å². The third kappa shape index (κ3) is 3.70. The summed E-state index contributed by atoms with van der Waals surface area (Å²) in [5.41, 5.74) is 3.58. The van der Waals surface area contributed by atoms with Crippen molar-refractivity contribution in [2.45, 2.75) is 20.1 Å².